The van der Waals surface area contributed by atoms with Gasteiger partial charge in [-0.15, -0.1) is 0 Å². The van der Waals surface area contributed by atoms with E-state index in [9.17, 15) is 0 Å². The van der Waals surface area contributed by atoms with Crippen LogP contribution in [-0.2, 0) is 10.3 Å². The minimum absolute atomic E-state index is 0.308. The number of hydrogen-bond acceptors (Lipinski definition) is 5. The molecular formula is C14H24N4O. The third-order valence-corrected chi connectivity index (χ3v) is 4.24. The van der Waals surface area contributed by atoms with Crippen molar-refractivity contribution in [2.24, 2.45) is 0 Å². The fraction of sp³-hybridized carbons (Fsp3) is 0.786. The van der Waals surface area contributed by atoms with Crippen molar-refractivity contribution in [3.63, 3.8) is 0 Å². The lowest BCUT2D eigenvalue weighted by Crippen LogP contribution is -2.28. The van der Waals surface area contributed by atoms with Gasteiger partial charge in [-0.3, -0.25) is 0 Å². The van der Waals surface area contributed by atoms with Crippen LogP contribution in [0.15, 0.2) is 0 Å². The number of rotatable bonds is 4. The van der Waals surface area contributed by atoms with E-state index in [2.05, 4.69) is 21.9 Å². The van der Waals surface area contributed by atoms with Crippen LogP contribution in [0.2, 0.25) is 0 Å². The second-order valence-corrected chi connectivity index (χ2v) is 5.50. The molecule has 0 aliphatic heterocycles. The molecule has 106 valence electrons. The van der Waals surface area contributed by atoms with Gasteiger partial charge in [-0.25, -0.2) is 4.98 Å². The molecule has 1 aliphatic carbocycles. The van der Waals surface area contributed by atoms with Crippen LogP contribution in [0.1, 0.15) is 69.9 Å². The van der Waals surface area contributed by atoms with Gasteiger partial charge in [-0.1, -0.05) is 26.2 Å². The molecule has 1 heterocycles. The zero-order chi connectivity index (χ0) is 13.9. The Morgan fingerprint density at radius 2 is 1.89 bits per heavy atom. The van der Waals surface area contributed by atoms with Gasteiger partial charge in [0, 0.05) is 13.0 Å². The van der Waals surface area contributed by atoms with Gasteiger partial charge in [0.05, 0.1) is 0 Å². The molecule has 0 aromatic carbocycles. The Kier molecular flexibility index (Phi) is 4.34. The summed E-state index contributed by atoms with van der Waals surface area (Å²) in [7, 11) is 1.68. The van der Waals surface area contributed by atoms with Crippen molar-refractivity contribution >= 4 is 5.95 Å². The molecule has 1 unspecified atom stereocenters. The standard InChI is InChI=1S/C14H24N4O/c1-4-14(2,19-3)12-16-11(17-13(15)18-12)10-8-6-5-7-9-10/h10H,4-9H2,1-3H3,(H2,15,16,17,18). The lowest BCUT2D eigenvalue weighted by molar-refractivity contribution is -0.00932. The molecular weight excluding hydrogens is 240 g/mol. The largest absolute Gasteiger partial charge is 0.371 e. The first kappa shape index (κ1) is 14.2. The van der Waals surface area contributed by atoms with Gasteiger partial charge in [0.15, 0.2) is 5.82 Å². The molecule has 1 aromatic rings. The van der Waals surface area contributed by atoms with Crippen molar-refractivity contribution < 1.29 is 4.74 Å². The van der Waals surface area contributed by atoms with Gasteiger partial charge in [-0.2, -0.15) is 9.97 Å². The maximum Gasteiger partial charge on any atom is 0.223 e. The van der Waals surface area contributed by atoms with Crippen molar-refractivity contribution in [2.45, 2.75) is 63.9 Å². The lowest BCUT2D eigenvalue weighted by Gasteiger charge is -2.26. The van der Waals surface area contributed by atoms with Gasteiger partial charge in [0.1, 0.15) is 11.4 Å². The molecule has 2 rings (SSSR count). The van der Waals surface area contributed by atoms with E-state index in [1.807, 2.05) is 6.92 Å². The topological polar surface area (TPSA) is 73.9 Å². The van der Waals surface area contributed by atoms with Crippen LogP contribution < -0.4 is 5.73 Å². The Hall–Kier alpha value is -1.23. The molecule has 2 N–H and O–H groups in total. The van der Waals surface area contributed by atoms with Crippen LogP contribution in [0, 0.1) is 0 Å². The molecule has 0 saturated heterocycles. The number of anilines is 1. The molecule has 19 heavy (non-hydrogen) atoms. The van der Waals surface area contributed by atoms with Crippen LogP contribution in [-0.4, -0.2) is 22.1 Å². The summed E-state index contributed by atoms with van der Waals surface area (Å²) >= 11 is 0. The summed E-state index contributed by atoms with van der Waals surface area (Å²) in [5.41, 5.74) is 5.37. The molecule has 1 fully saturated rings. The molecule has 5 heteroatoms. The average molecular weight is 264 g/mol. The molecule has 5 nitrogen and oxygen atoms in total. The smallest absolute Gasteiger partial charge is 0.223 e. The zero-order valence-electron chi connectivity index (χ0n) is 12.1. The van der Waals surface area contributed by atoms with Gasteiger partial charge >= 0.3 is 0 Å². The van der Waals surface area contributed by atoms with Gasteiger partial charge < -0.3 is 10.5 Å². The highest BCUT2D eigenvalue weighted by molar-refractivity contribution is 5.20. The van der Waals surface area contributed by atoms with Gasteiger partial charge in [-0.05, 0) is 26.2 Å². The highest BCUT2D eigenvalue weighted by Gasteiger charge is 2.30. The summed E-state index contributed by atoms with van der Waals surface area (Å²) < 4.78 is 5.56. The van der Waals surface area contributed by atoms with E-state index in [1.165, 1.54) is 19.3 Å². The summed E-state index contributed by atoms with van der Waals surface area (Å²) in [6, 6.07) is 0. The maximum absolute atomic E-state index is 5.85. The fourth-order valence-electron chi connectivity index (χ4n) is 2.58. The van der Waals surface area contributed by atoms with Crippen LogP contribution in [0.5, 0.6) is 0 Å². The first-order chi connectivity index (χ1) is 9.09. The Morgan fingerprint density at radius 3 is 2.47 bits per heavy atom. The predicted molar refractivity (Wildman–Crippen MR) is 74.7 cm³/mol. The predicted octanol–water partition coefficient (Wildman–Crippen LogP) is 2.77. The molecule has 1 saturated carbocycles. The second kappa shape index (κ2) is 5.82. The van der Waals surface area contributed by atoms with Crippen molar-refractivity contribution in [3.05, 3.63) is 11.6 Å². The molecule has 1 atom stereocenters. The van der Waals surface area contributed by atoms with E-state index in [4.69, 9.17) is 10.5 Å². The van der Waals surface area contributed by atoms with Crippen molar-refractivity contribution in [1.82, 2.24) is 15.0 Å². The number of nitrogens with zero attached hydrogens (tertiary/aromatic N) is 3. The van der Waals surface area contributed by atoms with Crippen LogP contribution in [0.4, 0.5) is 5.95 Å². The maximum atomic E-state index is 5.85. The highest BCUT2D eigenvalue weighted by Crippen LogP contribution is 2.32. The molecule has 1 aliphatic rings. The van der Waals surface area contributed by atoms with Crippen LogP contribution in [0.25, 0.3) is 0 Å². The van der Waals surface area contributed by atoms with E-state index in [-0.39, 0.29) is 0 Å². The van der Waals surface area contributed by atoms with Crippen LogP contribution >= 0.6 is 0 Å². The minimum atomic E-state index is -0.486. The van der Waals surface area contributed by atoms with E-state index in [1.54, 1.807) is 7.11 Å². The SMILES string of the molecule is CCC(C)(OC)c1nc(N)nc(C2CCCCC2)n1. The summed E-state index contributed by atoms with van der Waals surface area (Å²) in [4.78, 5) is 13.3. The van der Waals surface area contributed by atoms with Crippen molar-refractivity contribution in [2.75, 3.05) is 12.8 Å². The Labute approximate surface area is 115 Å². The molecule has 1 aromatic heterocycles. The van der Waals surface area contributed by atoms with Gasteiger partial charge in [0.25, 0.3) is 0 Å². The quantitative estimate of drug-likeness (QED) is 0.905. The first-order valence-electron chi connectivity index (χ1n) is 7.16. The Balaban J connectivity index is 2.33. The molecule has 0 spiro atoms. The first-order valence-corrected chi connectivity index (χ1v) is 7.16. The summed E-state index contributed by atoms with van der Waals surface area (Å²) in [5, 5.41) is 0. The molecule has 0 bridgehead atoms. The fourth-order valence-corrected chi connectivity index (χ4v) is 2.58. The second-order valence-electron chi connectivity index (χ2n) is 5.50. The average Bonchev–Trinajstić information content (AvgIpc) is 2.46. The third-order valence-electron chi connectivity index (χ3n) is 4.24. The molecule has 0 radical (unpaired) electrons. The van der Waals surface area contributed by atoms with E-state index in [0.29, 0.717) is 17.7 Å². The third kappa shape index (κ3) is 3.03. The zero-order valence-corrected chi connectivity index (χ0v) is 12.1. The van der Waals surface area contributed by atoms with Crippen molar-refractivity contribution in [1.29, 1.82) is 0 Å². The highest BCUT2D eigenvalue weighted by atomic mass is 16.5. The summed E-state index contributed by atoms with van der Waals surface area (Å²) in [5.74, 6) is 2.24. The molecule has 0 amide bonds. The summed E-state index contributed by atoms with van der Waals surface area (Å²) in [6.45, 7) is 4.05. The Bertz CT molecular complexity index is 425. The normalized spacial score (nSPS) is 20.2. The number of ether oxygens (including phenoxy) is 1. The van der Waals surface area contributed by atoms with E-state index in [0.717, 1.165) is 25.1 Å². The lowest BCUT2D eigenvalue weighted by atomic mass is 9.88. The summed E-state index contributed by atoms with van der Waals surface area (Å²) in [6.07, 6.45) is 6.92. The Morgan fingerprint density at radius 1 is 1.21 bits per heavy atom. The van der Waals surface area contributed by atoms with Gasteiger partial charge in [0.2, 0.25) is 5.95 Å². The number of nitrogens with two attached hydrogens (primary N) is 1. The van der Waals surface area contributed by atoms with E-state index < -0.39 is 5.60 Å². The number of methoxy groups -OCH3 is 1. The van der Waals surface area contributed by atoms with Crippen molar-refractivity contribution in [3.8, 4) is 0 Å². The number of hydrogen-bond donors (Lipinski definition) is 1. The number of aromatic nitrogens is 3. The van der Waals surface area contributed by atoms with Crippen LogP contribution in [0.3, 0.4) is 0 Å². The monoisotopic (exact) mass is 264 g/mol. The number of nitrogen functional groups attached to an aromatic ring is 1. The minimum Gasteiger partial charge on any atom is -0.371 e. The van der Waals surface area contributed by atoms with E-state index >= 15 is 0 Å².